The molecule has 0 spiro atoms. The van der Waals surface area contributed by atoms with Crippen molar-refractivity contribution in [1.82, 2.24) is 4.57 Å². The summed E-state index contributed by atoms with van der Waals surface area (Å²) < 4.78 is 6.26. The number of aliphatic hydroxyl groups is 1. The first kappa shape index (κ1) is 14.0. The molecule has 20 heavy (non-hydrogen) atoms. The van der Waals surface area contributed by atoms with E-state index in [0.29, 0.717) is 16.8 Å². The molecule has 0 saturated heterocycles. The molecule has 1 N–H and O–H groups in total. The first-order valence-electron chi connectivity index (χ1n) is 6.25. The lowest BCUT2D eigenvalue weighted by Crippen LogP contribution is -2.19. The molecule has 0 aliphatic carbocycles. The molecule has 0 aliphatic heterocycles. The molecule has 0 fully saturated rings. The van der Waals surface area contributed by atoms with Crippen molar-refractivity contribution in [2.45, 2.75) is 13.5 Å². The van der Waals surface area contributed by atoms with Gasteiger partial charge in [0.05, 0.1) is 18.8 Å². The average molecular weight is 273 g/mol. The zero-order chi connectivity index (χ0) is 14.5. The molecule has 1 aromatic heterocycles. The topological polar surface area (TPSA) is 68.5 Å². The highest BCUT2D eigenvalue weighted by Gasteiger charge is 2.09. The number of rotatable bonds is 4. The van der Waals surface area contributed by atoms with Gasteiger partial charge in [-0.15, -0.1) is 0 Å². The number of ether oxygens (including phenoxy) is 1. The van der Waals surface area contributed by atoms with E-state index in [1.54, 1.807) is 31.2 Å². The van der Waals surface area contributed by atoms with Gasteiger partial charge in [0.2, 0.25) is 0 Å². The molecule has 0 bridgehead atoms. The molecular weight excluding hydrogens is 258 g/mol. The summed E-state index contributed by atoms with van der Waals surface area (Å²) in [5, 5.41) is 9.13. The van der Waals surface area contributed by atoms with E-state index in [9.17, 15) is 9.59 Å². The third kappa shape index (κ3) is 2.95. The van der Waals surface area contributed by atoms with Gasteiger partial charge in [0.25, 0.3) is 5.56 Å². The van der Waals surface area contributed by atoms with Crippen LogP contribution in [0.3, 0.4) is 0 Å². The molecule has 104 valence electrons. The van der Waals surface area contributed by atoms with Crippen molar-refractivity contribution in [3.8, 4) is 5.69 Å². The number of esters is 1. The van der Waals surface area contributed by atoms with Crippen molar-refractivity contribution in [1.29, 1.82) is 0 Å². The van der Waals surface area contributed by atoms with E-state index in [2.05, 4.69) is 0 Å². The molecule has 5 nitrogen and oxygen atoms in total. The fourth-order valence-electron chi connectivity index (χ4n) is 1.83. The van der Waals surface area contributed by atoms with Gasteiger partial charge in [0.15, 0.2) is 0 Å². The van der Waals surface area contributed by atoms with Gasteiger partial charge in [-0.2, -0.15) is 0 Å². The van der Waals surface area contributed by atoms with Crippen LogP contribution in [0.15, 0.2) is 47.4 Å². The molecule has 0 radical (unpaired) electrons. The molecular formula is C15H15NO4. The molecule has 1 heterocycles. The Bertz CT molecular complexity index is 676. The Morgan fingerprint density at radius 1 is 1.30 bits per heavy atom. The highest BCUT2D eigenvalue weighted by atomic mass is 16.5. The monoisotopic (exact) mass is 273 g/mol. The Morgan fingerprint density at radius 2 is 2.10 bits per heavy atom. The number of carbonyl (C=O) groups is 1. The molecule has 0 saturated carbocycles. The van der Waals surface area contributed by atoms with E-state index in [-0.39, 0.29) is 18.8 Å². The van der Waals surface area contributed by atoms with Crippen LogP contribution in [0.1, 0.15) is 22.8 Å². The maximum atomic E-state index is 11.9. The van der Waals surface area contributed by atoms with Crippen molar-refractivity contribution in [2.75, 3.05) is 6.61 Å². The molecule has 5 heteroatoms. The molecule has 0 unspecified atom stereocenters. The van der Waals surface area contributed by atoms with Crippen LogP contribution in [0.5, 0.6) is 0 Å². The number of aliphatic hydroxyl groups excluding tert-OH is 1. The predicted octanol–water partition coefficient (Wildman–Crippen LogP) is 1.51. The molecule has 0 atom stereocenters. The fourth-order valence-corrected chi connectivity index (χ4v) is 1.83. The second kappa shape index (κ2) is 6.16. The minimum absolute atomic E-state index is 0.111. The Hall–Kier alpha value is -2.40. The lowest BCUT2D eigenvalue weighted by atomic mass is 10.2. The third-order valence-electron chi connectivity index (χ3n) is 2.79. The van der Waals surface area contributed by atoms with Gasteiger partial charge < -0.3 is 9.84 Å². The number of hydrogen-bond acceptors (Lipinski definition) is 4. The molecule has 2 rings (SSSR count). The van der Waals surface area contributed by atoms with Gasteiger partial charge in [-0.25, -0.2) is 4.79 Å². The summed E-state index contributed by atoms with van der Waals surface area (Å²) in [6.07, 6.45) is 1.44. The van der Waals surface area contributed by atoms with Crippen LogP contribution in [0, 0.1) is 0 Å². The summed E-state index contributed by atoms with van der Waals surface area (Å²) in [5.74, 6) is -0.473. The average Bonchev–Trinajstić information content (AvgIpc) is 2.48. The Morgan fingerprint density at radius 3 is 2.80 bits per heavy atom. The smallest absolute Gasteiger partial charge is 0.339 e. The van der Waals surface area contributed by atoms with E-state index in [0.717, 1.165) is 0 Å². The largest absolute Gasteiger partial charge is 0.462 e. The summed E-state index contributed by atoms with van der Waals surface area (Å²) >= 11 is 0. The van der Waals surface area contributed by atoms with Crippen LogP contribution in [0.25, 0.3) is 5.69 Å². The molecule has 0 aliphatic rings. The van der Waals surface area contributed by atoms with E-state index in [4.69, 9.17) is 9.84 Å². The fraction of sp³-hybridized carbons (Fsp3) is 0.200. The van der Waals surface area contributed by atoms with Crippen LogP contribution in [-0.4, -0.2) is 22.2 Å². The summed E-state index contributed by atoms with van der Waals surface area (Å²) in [6, 6.07) is 9.67. The maximum absolute atomic E-state index is 11.9. The van der Waals surface area contributed by atoms with Gasteiger partial charge in [-0.3, -0.25) is 9.36 Å². The first-order chi connectivity index (χ1) is 9.65. The maximum Gasteiger partial charge on any atom is 0.339 e. The second-order valence-electron chi connectivity index (χ2n) is 4.17. The summed E-state index contributed by atoms with van der Waals surface area (Å²) in [4.78, 5) is 23.6. The van der Waals surface area contributed by atoms with Gasteiger partial charge >= 0.3 is 5.97 Å². The van der Waals surface area contributed by atoms with Crippen LogP contribution < -0.4 is 5.56 Å². The first-order valence-corrected chi connectivity index (χ1v) is 6.25. The Kier molecular flexibility index (Phi) is 4.32. The summed E-state index contributed by atoms with van der Waals surface area (Å²) in [7, 11) is 0. The zero-order valence-corrected chi connectivity index (χ0v) is 11.1. The standard InChI is InChI=1S/C15H15NO4/c1-2-20-15(19)12-6-7-14(18)16(9-12)13-5-3-4-11(8-13)10-17/h3-9,17H,2,10H2,1H3. The number of pyridine rings is 1. The van der Waals surface area contributed by atoms with E-state index in [1.807, 2.05) is 0 Å². The number of carbonyl (C=O) groups excluding carboxylic acids is 1. The quantitative estimate of drug-likeness (QED) is 0.857. The number of nitrogens with zero attached hydrogens (tertiary/aromatic N) is 1. The normalized spacial score (nSPS) is 10.3. The van der Waals surface area contributed by atoms with Crippen LogP contribution >= 0.6 is 0 Å². The minimum atomic E-state index is -0.473. The van der Waals surface area contributed by atoms with E-state index in [1.165, 1.54) is 22.9 Å². The van der Waals surface area contributed by atoms with Crippen molar-refractivity contribution < 1.29 is 14.6 Å². The highest BCUT2D eigenvalue weighted by Crippen LogP contribution is 2.10. The number of hydrogen-bond donors (Lipinski definition) is 1. The SMILES string of the molecule is CCOC(=O)c1ccc(=O)n(-c2cccc(CO)c2)c1. The van der Waals surface area contributed by atoms with Crippen molar-refractivity contribution in [3.05, 3.63) is 64.1 Å². The number of aromatic nitrogens is 1. The van der Waals surface area contributed by atoms with Crippen molar-refractivity contribution in [3.63, 3.8) is 0 Å². The molecule has 2 aromatic rings. The van der Waals surface area contributed by atoms with E-state index >= 15 is 0 Å². The van der Waals surface area contributed by atoms with Gasteiger partial charge in [0.1, 0.15) is 0 Å². The molecule has 0 amide bonds. The van der Waals surface area contributed by atoms with Crippen LogP contribution in [-0.2, 0) is 11.3 Å². The van der Waals surface area contributed by atoms with Crippen LogP contribution in [0.4, 0.5) is 0 Å². The Balaban J connectivity index is 2.47. The zero-order valence-electron chi connectivity index (χ0n) is 11.1. The molecule has 1 aromatic carbocycles. The minimum Gasteiger partial charge on any atom is -0.462 e. The number of benzene rings is 1. The van der Waals surface area contributed by atoms with Gasteiger partial charge in [0, 0.05) is 18.0 Å². The third-order valence-corrected chi connectivity index (χ3v) is 2.79. The van der Waals surface area contributed by atoms with Gasteiger partial charge in [-0.05, 0) is 30.7 Å². The van der Waals surface area contributed by atoms with Crippen molar-refractivity contribution in [2.24, 2.45) is 0 Å². The van der Waals surface area contributed by atoms with Gasteiger partial charge in [-0.1, -0.05) is 12.1 Å². The Labute approximate surface area is 116 Å². The predicted molar refractivity (Wildman–Crippen MR) is 73.9 cm³/mol. The lowest BCUT2D eigenvalue weighted by molar-refractivity contribution is 0.0525. The highest BCUT2D eigenvalue weighted by molar-refractivity contribution is 5.89. The van der Waals surface area contributed by atoms with Crippen molar-refractivity contribution >= 4 is 5.97 Å². The lowest BCUT2D eigenvalue weighted by Gasteiger charge is -2.09. The summed E-state index contributed by atoms with van der Waals surface area (Å²) in [6.45, 7) is 1.89. The van der Waals surface area contributed by atoms with E-state index < -0.39 is 5.97 Å². The second-order valence-corrected chi connectivity index (χ2v) is 4.17. The summed E-state index contributed by atoms with van der Waals surface area (Å²) in [5.41, 5.74) is 1.33. The van der Waals surface area contributed by atoms with Crippen LogP contribution in [0.2, 0.25) is 0 Å².